The van der Waals surface area contributed by atoms with Crippen LogP contribution < -0.4 is 5.32 Å². The van der Waals surface area contributed by atoms with E-state index < -0.39 is 0 Å². The molecule has 0 radical (unpaired) electrons. The molecule has 28 heavy (non-hydrogen) atoms. The van der Waals surface area contributed by atoms with Gasteiger partial charge >= 0.3 is 0 Å². The van der Waals surface area contributed by atoms with Crippen molar-refractivity contribution in [2.75, 3.05) is 14.2 Å². The monoisotopic (exact) mass is 383 g/mol. The normalized spacial score (nSPS) is 17.1. The lowest BCUT2D eigenvalue weighted by molar-refractivity contribution is -0.121. The molecule has 3 rings (SSSR count). The zero-order valence-corrected chi connectivity index (χ0v) is 16.5. The van der Waals surface area contributed by atoms with E-state index in [-0.39, 0.29) is 29.0 Å². The Hall–Kier alpha value is -2.89. The van der Waals surface area contributed by atoms with Gasteiger partial charge in [0.05, 0.1) is 14.2 Å². The van der Waals surface area contributed by atoms with Crippen LogP contribution in [0.2, 0.25) is 0 Å². The van der Waals surface area contributed by atoms with Gasteiger partial charge in [-0.1, -0.05) is 24.3 Å². The van der Waals surface area contributed by atoms with Crippen LogP contribution in [0.3, 0.4) is 0 Å². The average molecular weight is 383 g/mol. The number of rotatable bonds is 8. The Balaban J connectivity index is 1.66. The molecule has 0 aromatic heterocycles. The van der Waals surface area contributed by atoms with Crippen molar-refractivity contribution in [3.8, 4) is 0 Å². The number of benzene rings is 1. The molecule has 148 valence electrons. The number of ketones is 2. The fourth-order valence-corrected chi connectivity index (χ4v) is 3.22. The molecule has 0 aliphatic heterocycles. The van der Waals surface area contributed by atoms with E-state index in [4.69, 9.17) is 9.47 Å². The second-order valence-corrected chi connectivity index (χ2v) is 7.16. The first-order valence-electron chi connectivity index (χ1n) is 9.43. The highest BCUT2D eigenvalue weighted by atomic mass is 16.5. The van der Waals surface area contributed by atoms with Crippen LogP contribution in [0.1, 0.15) is 37.3 Å². The quantitative estimate of drug-likeness (QED) is 0.697. The maximum Gasteiger partial charge on any atom is 0.228 e. The Bertz CT molecular complexity index is 859. The minimum Gasteiger partial charge on any atom is -0.489 e. The molecule has 2 aliphatic rings. The lowest BCUT2D eigenvalue weighted by atomic mass is 9.88. The van der Waals surface area contributed by atoms with Gasteiger partial charge in [0.2, 0.25) is 29.0 Å². The first-order chi connectivity index (χ1) is 13.4. The van der Waals surface area contributed by atoms with Crippen molar-refractivity contribution in [2.45, 2.75) is 45.1 Å². The summed E-state index contributed by atoms with van der Waals surface area (Å²) in [4.78, 5) is 36.9. The molecule has 0 saturated heterocycles. The Morgan fingerprint density at radius 3 is 2.14 bits per heavy atom. The van der Waals surface area contributed by atoms with E-state index in [1.807, 2.05) is 24.3 Å². The van der Waals surface area contributed by atoms with Crippen LogP contribution in [0.15, 0.2) is 46.9 Å². The molecule has 0 bridgehead atoms. The molecule has 1 saturated carbocycles. The number of allylic oxidation sites excluding steroid dienone is 2. The third-order valence-electron chi connectivity index (χ3n) is 5.08. The number of carbonyl (C=O) groups is 3. The van der Waals surface area contributed by atoms with Crippen LogP contribution in [0.4, 0.5) is 0 Å². The van der Waals surface area contributed by atoms with Gasteiger partial charge in [0.1, 0.15) is 0 Å². The Morgan fingerprint density at radius 2 is 1.57 bits per heavy atom. The fourth-order valence-electron chi connectivity index (χ4n) is 3.22. The third-order valence-corrected chi connectivity index (χ3v) is 5.08. The molecular formula is C22H25NO5. The number of carbonyl (C=O) groups excluding carboxylic acids is 3. The van der Waals surface area contributed by atoms with Crippen LogP contribution in [0.5, 0.6) is 0 Å². The van der Waals surface area contributed by atoms with Gasteiger partial charge in [-0.05, 0) is 37.3 Å². The molecule has 6 heteroatoms. The molecule has 1 N–H and O–H groups in total. The highest BCUT2D eigenvalue weighted by molar-refractivity contribution is 6.23. The number of amides is 1. The minimum absolute atomic E-state index is 0.0476. The van der Waals surface area contributed by atoms with E-state index in [9.17, 15) is 14.4 Å². The SMILES string of the molecule is COC1=C(OC)C(=O)C(Cc2ccc(CCC(=O)NC3CC3)cc2)=C(C)C1=O. The lowest BCUT2D eigenvalue weighted by Gasteiger charge is -2.20. The molecule has 0 spiro atoms. The minimum atomic E-state index is -0.327. The van der Waals surface area contributed by atoms with Crippen LogP contribution in [0, 0.1) is 0 Å². The van der Waals surface area contributed by atoms with Gasteiger partial charge in [-0.3, -0.25) is 14.4 Å². The van der Waals surface area contributed by atoms with Crippen molar-refractivity contribution in [2.24, 2.45) is 0 Å². The number of methoxy groups -OCH3 is 2. The molecule has 1 aromatic carbocycles. The van der Waals surface area contributed by atoms with E-state index >= 15 is 0 Å². The molecular weight excluding hydrogens is 358 g/mol. The predicted octanol–water partition coefficient (Wildman–Crippen LogP) is 2.41. The molecule has 0 atom stereocenters. The maximum atomic E-state index is 12.7. The highest BCUT2D eigenvalue weighted by Gasteiger charge is 2.34. The van der Waals surface area contributed by atoms with E-state index in [0.29, 0.717) is 36.5 Å². The van der Waals surface area contributed by atoms with Gasteiger partial charge < -0.3 is 14.8 Å². The van der Waals surface area contributed by atoms with Crippen molar-refractivity contribution in [3.63, 3.8) is 0 Å². The van der Waals surface area contributed by atoms with Crippen molar-refractivity contribution in [1.29, 1.82) is 0 Å². The molecule has 0 heterocycles. The second-order valence-electron chi connectivity index (χ2n) is 7.16. The van der Waals surface area contributed by atoms with Crippen LogP contribution in [0.25, 0.3) is 0 Å². The van der Waals surface area contributed by atoms with Gasteiger partial charge in [-0.2, -0.15) is 0 Å². The fraction of sp³-hybridized carbons (Fsp3) is 0.409. The summed E-state index contributed by atoms with van der Waals surface area (Å²) in [5.41, 5.74) is 2.77. The van der Waals surface area contributed by atoms with Gasteiger partial charge in [0.15, 0.2) is 0 Å². The number of aryl methyl sites for hydroxylation is 1. The number of hydrogen-bond donors (Lipinski definition) is 1. The first kappa shape index (κ1) is 19.9. The summed E-state index contributed by atoms with van der Waals surface area (Å²) < 4.78 is 10.2. The highest BCUT2D eigenvalue weighted by Crippen LogP contribution is 2.28. The van der Waals surface area contributed by atoms with Crippen LogP contribution in [-0.2, 0) is 36.7 Å². The molecule has 6 nitrogen and oxygen atoms in total. The van der Waals surface area contributed by atoms with Crippen molar-refractivity contribution < 1.29 is 23.9 Å². The van der Waals surface area contributed by atoms with E-state index in [1.165, 1.54) is 14.2 Å². The van der Waals surface area contributed by atoms with Gasteiger partial charge in [0, 0.05) is 30.0 Å². The smallest absolute Gasteiger partial charge is 0.228 e. The number of nitrogens with one attached hydrogen (secondary N) is 1. The van der Waals surface area contributed by atoms with E-state index in [1.54, 1.807) is 6.92 Å². The van der Waals surface area contributed by atoms with Crippen LogP contribution in [-0.4, -0.2) is 37.7 Å². The van der Waals surface area contributed by atoms with Crippen molar-refractivity contribution in [1.82, 2.24) is 5.32 Å². The summed E-state index contributed by atoms with van der Waals surface area (Å²) in [7, 11) is 2.70. The van der Waals surface area contributed by atoms with Gasteiger partial charge in [-0.25, -0.2) is 0 Å². The summed E-state index contributed by atoms with van der Waals surface area (Å²) >= 11 is 0. The lowest BCUT2D eigenvalue weighted by Crippen LogP contribution is -2.26. The third kappa shape index (κ3) is 4.32. The van der Waals surface area contributed by atoms with Crippen molar-refractivity contribution in [3.05, 3.63) is 58.1 Å². The number of Topliss-reactive ketones (excluding diaryl/α,β-unsaturated/α-hetero) is 2. The summed E-state index contributed by atoms with van der Waals surface area (Å²) in [5, 5.41) is 2.98. The molecule has 1 aromatic rings. The second kappa shape index (κ2) is 8.42. The zero-order chi connectivity index (χ0) is 20.3. The van der Waals surface area contributed by atoms with Gasteiger partial charge in [-0.15, -0.1) is 0 Å². The first-order valence-corrected chi connectivity index (χ1v) is 9.43. The molecule has 0 unspecified atom stereocenters. The van der Waals surface area contributed by atoms with E-state index in [2.05, 4.69) is 5.32 Å². The topological polar surface area (TPSA) is 81.7 Å². The average Bonchev–Trinajstić information content (AvgIpc) is 3.51. The van der Waals surface area contributed by atoms with Crippen molar-refractivity contribution >= 4 is 17.5 Å². The summed E-state index contributed by atoms with van der Waals surface area (Å²) in [6, 6.07) is 8.14. The largest absolute Gasteiger partial charge is 0.489 e. The summed E-state index contributed by atoms with van der Waals surface area (Å²) in [5.74, 6) is -0.656. The van der Waals surface area contributed by atoms with E-state index in [0.717, 1.165) is 24.0 Å². The Labute approximate surface area is 164 Å². The number of ether oxygens (including phenoxy) is 2. The molecule has 2 aliphatic carbocycles. The maximum absolute atomic E-state index is 12.7. The van der Waals surface area contributed by atoms with Crippen LogP contribution >= 0.6 is 0 Å². The Kier molecular flexibility index (Phi) is 5.97. The summed E-state index contributed by atoms with van der Waals surface area (Å²) in [6.45, 7) is 1.63. The summed E-state index contributed by atoms with van der Waals surface area (Å²) in [6.07, 6.45) is 3.65. The van der Waals surface area contributed by atoms with Gasteiger partial charge in [0.25, 0.3) is 0 Å². The standard InChI is InChI=1S/C22H25NO5/c1-13-17(20(26)22(28-3)21(27-2)19(13)25)12-15-6-4-14(5-7-15)8-11-18(24)23-16-9-10-16/h4-7,16H,8-12H2,1-3H3,(H,23,24). The predicted molar refractivity (Wildman–Crippen MR) is 103 cm³/mol. The number of hydrogen-bond acceptors (Lipinski definition) is 5. The molecule has 1 amide bonds. The zero-order valence-electron chi connectivity index (χ0n) is 16.5. The molecule has 1 fully saturated rings. The Morgan fingerprint density at radius 1 is 1.00 bits per heavy atom.